The molecule has 0 fully saturated rings. The van der Waals surface area contributed by atoms with Crippen LogP contribution in [0.1, 0.15) is 10.4 Å². The Kier molecular flexibility index (Phi) is 4.86. The van der Waals surface area contributed by atoms with Gasteiger partial charge < -0.3 is 0 Å². The largest absolute Gasteiger partial charge is 0.293 e. The highest BCUT2D eigenvalue weighted by Crippen LogP contribution is 2.25. The first-order chi connectivity index (χ1) is 9.08. The molecule has 0 unspecified atom stereocenters. The number of halogens is 3. The molecule has 5 heteroatoms. The molecule has 2 aromatic rings. The molecule has 0 aromatic heterocycles. The van der Waals surface area contributed by atoms with E-state index in [2.05, 4.69) is 0 Å². The molecule has 0 saturated heterocycles. The average Bonchev–Trinajstić information content (AvgIpc) is 2.40. The van der Waals surface area contributed by atoms with Gasteiger partial charge in [-0.05, 0) is 30.3 Å². The summed E-state index contributed by atoms with van der Waals surface area (Å²) in [4.78, 5) is 12.4. The molecular weight excluding hydrogens is 306 g/mol. The average molecular weight is 315 g/mol. The van der Waals surface area contributed by atoms with Gasteiger partial charge in [0.1, 0.15) is 5.82 Å². The van der Waals surface area contributed by atoms with Crippen molar-refractivity contribution in [2.75, 3.05) is 5.75 Å². The first-order valence-corrected chi connectivity index (χ1v) is 7.17. The van der Waals surface area contributed by atoms with Crippen LogP contribution in [-0.2, 0) is 0 Å². The second-order valence-electron chi connectivity index (χ2n) is 3.77. The Morgan fingerprint density at radius 1 is 1.11 bits per heavy atom. The molecule has 0 heterocycles. The summed E-state index contributed by atoms with van der Waals surface area (Å²) in [5.41, 5.74) is 0.471. The smallest absolute Gasteiger partial charge is 0.173 e. The summed E-state index contributed by atoms with van der Waals surface area (Å²) in [6.45, 7) is 0. The molecule has 2 rings (SSSR count). The first-order valence-electron chi connectivity index (χ1n) is 5.43. The fourth-order valence-electron chi connectivity index (χ4n) is 1.46. The maximum absolute atomic E-state index is 13.4. The molecule has 0 spiro atoms. The summed E-state index contributed by atoms with van der Waals surface area (Å²) < 4.78 is 13.4. The Hall–Kier alpha value is -1.03. The van der Waals surface area contributed by atoms with Gasteiger partial charge in [-0.2, -0.15) is 0 Å². The molecule has 0 amide bonds. The number of rotatable bonds is 4. The van der Waals surface area contributed by atoms with E-state index in [0.29, 0.717) is 20.5 Å². The molecule has 98 valence electrons. The molecule has 19 heavy (non-hydrogen) atoms. The van der Waals surface area contributed by atoms with Crippen LogP contribution in [0, 0.1) is 5.82 Å². The van der Waals surface area contributed by atoms with Crippen LogP contribution < -0.4 is 0 Å². The van der Waals surface area contributed by atoms with Crippen LogP contribution in [0.15, 0.2) is 47.4 Å². The number of benzene rings is 2. The van der Waals surface area contributed by atoms with Crippen LogP contribution in [-0.4, -0.2) is 11.5 Å². The van der Waals surface area contributed by atoms with Gasteiger partial charge >= 0.3 is 0 Å². The standard InChI is InChI=1S/C14H9Cl2FOS/c15-10-6-5-9(7-11(10)16)13(18)8-19-14-4-2-1-3-12(14)17/h1-7H,8H2. The molecule has 0 radical (unpaired) electrons. The Balaban J connectivity index is 2.05. The van der Waals surface area contributed by atoms with Gasteiger partial charge in [-0.1, -0.05) is 35.3 Å². The van der Waals surface area contributed by atoms with Crippen LogP contribution in [0.25, 0.3) is 0 Å². The number of thioether (sulfide) groups is 1. The molecule has 0 saturated carbocycles. The molecule has 0 N–H and O–H groups in total. The van der Waals surface area contributed by atoms with Crippen molar-refractivity contribution in [3.63, 3.8) is 0 Å². The molecule has 0 aliphatic heterocycles. The summed E-state index contributed by atoms with van der Waals surface area (Å²) >= 11 is 12.8. The normalized spacial score (nSPS) is 10.5. The molecule has 0 atom stereocenters. The zero-order chi connectivity index (χ0) is 13.8. The second kappa shape index (κ2) is 6.42. The third-order valence-electron chi connectivity index (χ3n) is 2.44. The summed E-state index contributed by atoms with van der Waals surface area (Å²) in [6.07, 6.45) is 0. The maximum Gasteiger partial charge on any atom is 0.173 e. The van der Waals surface area contributed by atoms with Gasteiger partial charge in [0.15, 0.2) is 5.78 Å². The lowest BCUT2D eigenvalue weighted by Crippen LogP contribution is -2.02. The molecule has 1 nitrogen and oxygen atoms in total. The molecule has 0 bridgehead atoms. The minimum Gasteiger partial charge on any atom is -0.293 e. The van der Waals surface area contributed by atoms with Gasteiger partial charge in [0.05, 0.1) is 15.8 Å². The van der Waals surface area contributed by atoms with E-state index >= 15 is 0 Å². The van der Waals surface area contributed by atoms with Crippen molar-refractivity contribution in [1.82, 2.24) is 0 Å². The quantitative estimate of drug-likeness (QED) is 0.576. The first kappa shape index (κ1) is 14.4. The van der Waals surface area contributed by atoms with Crippen molar-refractivity contribution in [3.8, 4) is 0 Å². The lowest BCUT2D eigenvalue weighted by atomic mass is 10.1. The Labute approximate surface area is 124 Å². The van der Waals surface area contributed by atoms with E-state index in [0.717, 1.165) is 11.8 Å². The van der Waals surface area contributed by atoms with Crippen molar-refractivity contribution in [3.05, 3.63) is 63.9 Å². The lowest BCUT2D eigenvalue weighted by molar-refractivity contribution is 0.102. The van der Waals surface area contributed by atoms with Crippen LogP contribution in [0.4, 0.5) is 4.39 Å². The number of carbonyl (C=O) groups is 1. The SMILES string of the molecule is O=C(CSc1ccccc1F)c1ccc(Cl)c(Cl)c1. The Morgan fingerprint density at radius 3 is 2.53 bits per heavy atom. The topological polar surface area (TPSA) is 17.1 Å². The van der Waals surface area contributed by atoms with Crippen molar-refractivity contribution in [2.24, 2.45) is 0 Å². The number of hydrogen-bond donors (Lipinski definition) is 0. The molecule has 0 aliphatic carbocycles. The number of ketones is 1. The van der Waals surface area contributed by atoms with E-state index in [1.165, 1.54) is 12.1 Å². The molecular formula is C14H9Cl2FOS. The van der Waals surface area contributed by atoms with Crippen LogP contribution in [0.5, 0.6) is 0 Å². The van der Waals surface area contributed by atoms with Crippen molar-refractivity contribution in [2.45, 2.75) is 4.90 Å². The summed E-state index contributed by atoms with van der Waals surface area (Å²) in [7, 11) is 0. The predicted octanol–water partition coefficient (Wildman–Crippen LogP) is 5.11. The van der Waals surface area contributed by atoms with E-state index in [1.54, 1.807) is 30.3 Å². The highest BCUT2D eigenvalue weighted by Gasteiger charge is 2.10. The van der Waals surface area contributed by atoms with Gasteiger partial charge in [0.2, 0.25) is 0 Å². The number of carbonyl (C=O) groups excluding carboxylic acids is 1. The Morgan fingerprint density at radius 2 is 1.84 bits per heavy atom. The van der Waals surface area contributed by atoms with Crippen LogP contribution in [0.3, 0.4) is 0 Å². The maximum atomic E-state index is 13.4. The monoisotopic (exact) mass is 314 g/mol. The van der Waals surface area contributed by atoms with E-state index in [-0.39, 0.29) is 17.4 Å². The predicted molar refractivity (Wildman–Crippen MR) is 77.9 cm³/mol. The van der Waals surface area contributed by atoms with Gasteiger partial charge in [-0.25, -0.2) is 4.39 Å². The van der Waals surface area contributed by atoms with Gasteiger partial charge in [0, 0.05) is 10.5 Å². The van der Waals surface area contributed by atoms with Gasteiger partial charge in [-0.3, -0.25) is 4.79 Å². The van der Waals surface area contributed by atoms with Gasteiger partial charge in [0.25, 0.3) is 0 Å². The van der Waals surface area contributed by atoms with E-state index in [1.807, 2.05) is 0 Å². The van der Waals surface area contributed by atoms with Crippen molar-refractivity contribution in [1.29, 1.82) is 0 Å². The molecule has 2 aromatic carbocycles. The van der Waals surface area contributed by atoms with E-state index in [4.69, 9.17) is 23.2 Å². The zero-order valence-corrected chi connectivity index (χ0v) is 12.0. The van der Waals surface area contributed by atoms with E-state index < -0.39 is 0 Å². The van der Waals surface area contributed by atoms with Gasteiger partial charge in [-0.15, -0.1) is 11.8 Å². The molecule has 0 aliphatic rings. The lowest BCUT2D eigenvalue weighted by Gasteiger charge is -2.04. The fraction of sp³-hybridized carbons (Fsp3) is 0.0714. The minimum atomic E-state index is -0.325. The summed E-state index contributed by atoms with van der Waals surface area (Å²) in [5, 5.41) is 0.739. The minimum absolute atomic E-state index is 0.119. The second-order valence-corrected chi connectivity index (χ2v) is 5.60. The number of hydrogen-bond acceptors (Lipinski definition) is 2. The highest BCUT2D eigenvalue weighted by molar-refractivity contribution is 8.00. The van der Waals surface area contributed by atoms with Crippen molar-refractivity contribution >= 4 is 40.7 Å². The van der Waals surface area contributed by atoms with Crippen molar-refractivity contribution < 1.29 is 9.18 Å². The van der Waals surface area contributed by atoms with Crippen LogP contribution >= 0.6 is 35.0 Å². The third kappa shape index (κ3) is 3.72. The fourth-order valence-corrected chi connectivity index (χ4v) is 2.59. The Bertz CT molecular complexity index is 616. The zero-order valence-electron chi connectivity index (χ0n) is 9.70. The highest BCUT2D eigenvalue weighted by atomic mass is 35.5. The summed E-state index contributed by atoms with van der Waals surface area (Å²) in [5.74, 6) is -0.292. The van der Waals surface area contributed by atoms with Crippen LogP contribution in [0.2, 0.25) is 10.0 Å². The van der Waals surface area contributed by atoms with E-state index in [9.17, 15) is 9.18 Å². The third-order valence-corrected chi connectivity index (χ3v) is 4.22. The summed E-state index contributed by atoms with van der Waals surface area (Å²) in [6, 6.07) is 11.1. The number of Topliss-reactive ketones (excluding diaryl/α,β-unsaturated/α-hetero) is 1.